The lowest BCUT2D eigenvalue weighted by Crippen LogP contribution is -2.49. The SMILES string of the molecule is CCO[Si](CC(C)Nc1ccc([N+](=O)[O-])cc1[N+](=O)[O-])(OCC)OCC. The highest BCUT2D eigenvalue weighted by atomic mass is 28.4. The molecule has 1 N–H and O–H groups in total. The number of rotatable bonds is 12. The van der Waals surface area contributed by atoms with Gasteiger partial charge in [0, 0.05) is 38.0 Å². The summed E-state index contributed by atoms with van der Waals surface area (Å²) in [5.41, 5.74) is -0.500. The van der Waals surface area contributed by atoms with Crippen molar-refractivity contribution in [2.75, 3.05) is 25.1 Å². The molecule has 0 radical (unpaired) electrons. The minimum atomic E-state index is -2.93. The molecule has 1 unspecified atom stereocenters. The van der Waals surface area contributed by atoms with Crippen molar-refractivity contribution in [3.8, 4) is 0 Å². The molecule has 1 rings (SSSR count). The van der Waals surface area contributed by atoms with Gasteiger partial charge in [-0.15, -0.1) is 0 Å². The fraction of sp³-hybridized carbons (Fsp3) is 0.600. The molecule has 0 saturated heterocycles. The molecule has 1 aromatic carbocycles. The molecule has 0 aliphatic carbocycles. The minimum Gasteiger partial charge on any atom is -0.377 e. The van der Waals surface area contributed by atoms with Crippen molar-refractivity contribution in [2.24, 2.45) is 0 Å². The molecule has 0 aromatic heterocycles. The van der Waals surface area contributed by atoms with Crippen molar-refractivity contribution in [2.45, 2.75) is 39.8 Å². The molecule has 0 aliphatic heterocycles. The fourth-order valence-corrected chi connectivity index (χ4v) is 5.33. The summed E-state index contributed by atoms with van der Waals surface area (Å²) < 4.78 is 17.3. The van der Waals surface area contributed by atoms with Gasteiger partial charge in [0.1, 0.15) is 5.69 Å². The summed E-state index contributed by atoms with van der Waals surface area (Å²) in [5.74, 6) is 0. The third kappa shape index (κ3) is 6.02. The van der Waals surface area contributed by atoms with Crippen LogP contribution in [-0.2, 0) is 13.3 Å². The van der Waals surface area contributed by atoms with Crippen molar-refractivity contribution < 1.29 is 23.1 Å². The summed E-state index contributed by atoms with van der Waals surface area (Å²) >= 11 is 0. The Balaban J connectivity index is 3.02. The van der Waals surface area contributed by atoms with Gasteiger partial charge in [-0.2, -0.15) is 0 Å². The molecule has 0 fully saturated rings. The Hall–Kier alpha value is -2.08. The van der Waals surface area contributed by atoms with Gasteiger partial charge in [-0.1, -0.05) is 0 Å². The molecule has 26 heavy (non-hydrogen) atoms. The van der Waals surface area contributed by atoms with Gasteiger partial charge in [0.25, 0.3) is 11.4 Å². The van der Waals surface area contributed by atoms with E-state index in [4.69, 9.17) is 13.3 Å². The lowest BCUT2D eigenvalue weighted by Gasteiger charge is -2.31. The lowest BCUT2D eigenvalue weighted by molar-refractivity contribution is -0.393. The van der Waals surface area contributed by atoms with Gasteiger partial charge >= 0.3 is 8.80 Å². The molecule has 10 nitrogen and oxygen atoms in total. The third-order valence-electron chi connectivity index (χ3n) is 3.44. The predicted molar refractivity (Wildman–Crippen MR) is 98.3 cm³/mol. The van der Waals surface area contributed by atoms with Crippen LogP contribution in [0.15, 0.2) is 18.2 Å². The molecular formula is C15H25N3O7Si. The van der Waals surface area contributed by atoms with Crippen LogP contribution in [0.2, 0.25) is 6.04 Å². The summed E-state index contributed by atoms with van der Waals surface area (Å²) in [5, 5.41) is 25.1. The maximum atomic E-state index is 11.2. The Labute approximate surface area is 153 Å². The van der Waals surface area contributed by atoms with Crippen molar-refractivity contribution in [3.63, 3.8) is 0 Å². The first-order valence-electron chi connectivity index (χ1n) is 8.39. The quantitative estimate of drug-likeness (QED) is 0.329. The summed E-state index contributed by atoms with van der Waals surface area (Å²) in [6.45, 7) is 8.64. The van der Waals surface area contributed by atoms with Crippen molar-refractivity contribution in [1.29, 1.82) is 0 Å². The Bertz CT molecular complexity index is 612. The first kappa shape index (κ1) is 22.0. The summed E-state index contributed by atoms with van der Waals surface area (Å²) in [7, 11) is -2.93. The van der Waals surface area contributed by atoms with Crippen LogP contribution in [0.4, 0.5) is 17.1 Å². The molecule has 11 heteroatoms. The normalized spacial score (nSPS) is 12.6. The van der Waals surface area contributed by atoms with Crippen LogP contribution in [0.25, 0.3) is 0 Å². The van der Waals surface area contributed by atoms with Crippen LogP contribution in [0.1, 0.15) is 27.7 Å². The van der Waals surface area contributed by atoms with Crippen LogP contribution in [0.3, 0.4) is 0 Å². The summed E-state index contributed by atoms with van der Waals surface area (Å²) in [6.07, 6.45) is 0. The standard InChI is InChI=1S/C15H25N3O7Si/c1-5-23-26(24-6-2,25-7-3)11-12(4)16-14-9-8-13(17(19)20)10-15(14)18(21)22/h8-10,12,16H,5-7,11H2,1-4H3. The van der Waals surface area contributed by atoms with E-state index in [1.807, 2.05) is 27.7 Å². The molecule has 0 amide bonds. The van der Waals surface area contributed by atoms with Gasteiger partial charge in [0.15, 0.2) is 0 Å². The average Bonchev–Trinajstić information content (AvgIpc) is 2.55. The maximum Gasteiger partial charge on any atom is 0.503 e. The van der Waals surface area contributed by atoms with Crippen LogP contribution in [0.5, 0.6) is 0 Å². The number of nitro benzene ring substituents is 2. The topological polar surface area (TPSA) is 126 Å². The van der Waals surface area contributed by atoms with Gasteiger partial charge < -0.3 is 18.6 Å². The summed E-state index contributed by atoms with van der Waals surface area (Å²) in [6, 6.07) is 3.62. The number of anilines is 1. The number of hydrogen-bond donors (Lipinski definition) is 1. The van der Waals surface area contributed by atoms with Crippen LogP contribution < -0.4 is 5.32 Å². The molecule has 0 heterocycles. The van der Waals surface area contributed by atoms with Crippen LogP contribution in [0, 0.1) is 20.2 Å². The van der Waals surface area contributed by atoms with E-state index in [2.05, 4.69) is 5.32 Å². The largest absolute Gasteiger partial charge is 0.503 e. The predicted octanol–water partition coefficient (Wildman–Crippen LogP) is 3.35. The number of benzene rings is 1. The van der Waals surface area contributed by atoms with E-state index in [-0.39, 0.29) is 23.1 Å². The Morgan fingerprint density at radius 3 is 2.00 bits per heavy atom. The van der Waals surface area contributed by atoms with Gasteiger partial charge in [-0.05, 0) is 33.8 Å². The summed E-state index contributed by atoms with van der Waals surface area (Å²) in [4.78, 5) is 20.8. The van der Waals surface area contributed by atoms with E-state index in [9.17, 15) is 20.2 Å². The number of hydrogen-bond acceptors (Lipinski definition) is 8. The van der Waals surface area contributed by atoms with E-state index in [0.717, 1.165) is 6.07 Å². The van der Waals surface area contributed by atoms with E-state index in [0.29, 0.717) is 25.9 Å². The second-order valence-electron chi connectivity index (χ2n) is 5.45. The van der Waals surface area contributed by atoms with E-state index < -0.39 is 18.7 Å². The van der Waals surface area contributed by atoms with E-state index >= 15 is 0 Å². The Morgan fingerprint density at radius 2 is 1.58 bits per heavy atom. The Kier molecular flexibility index (Phi) is 8.58. The number of nitrogens with zero attached hydrogens (tertiary/aromatic N) is 2. The van der Waals surface area contributed by atoms with Gasteiger partial charge in [-0.3, -0.25) is 20.2 Å². The Morgan fingerprint density at radius 1 is 1.04 bits per heavy atom. The molecule has 0 bridgehead atoms. The fourth-order valence-electron chi connectivity index (χ4n) is 2.56. The first-order chi connectivity index (χ1) is 12.3. The third-order valence-corrected chi connectivity index (χ3v) is 6.74. The van der Waals surface area contributed by atoms with Crippen molar-refractivity contribution >= 4 is 25.9 Å². The molecular weight excluding hydrogens is 362 g/mol. The van der Waals surface area contributed by atoms with E-state index in [1.165, 1.54) is 12.1 Å². The zero-order chi connectivity index (χ0) is 19.7. The zero-order valence-electron chi connectivity index (χ0n) is 15.4. The van der Waals surface area contributed by atoms with Gasteiger partial charge in [0.2, 0.25) is 0 Å². The molecule has 0 saturated carbocycles. The maximum absolute atomic E-state index is 11.2. The number of nitrogens with one attached hydrogen (secondary N) is 1. The highest BCUT2D eigenvalue weighted by Gasteiger charge is 2.42. The molecule has 1 aromatic rings. The second-order valence-corrected chi connectivity index (χ2v) is 8.09. The van der Waals surface area contributed by atoms with Crippen LogP contribution >= 0.6 is 0 Å². The molecule has 0 spiro atoms. The second kappa shape index (κ2) is 10.2. The number of nitro groups is 2. The van der Waals surface area contributed by atoms with E-state index in [1.54, 1.807) is 0 Å². The molecule has 0 aliphatic rings. The first-order valence-corrected chi connectivity index (χ1v) is 10.3. The average molecular weight is 387 g/mol. The lowest BCUT2D eigenvalue weighted by atomic mass is 10.2. The molecule has 146 valence electrons. The smallest absolute Gasteiger partial charge is 0.377 e. The van der Waals surface area contributed by atoms with Crippen molar-refractivity contribution in [3.05, 3.63) is 38.4 Å². The monoisotopic (exact) mass is 387 g/mol. The van der Waals surface area contributed by atoms with Crippen LogP contribution in [-0.4, -0.2) is 44.5 Å². The molecule has 1 atom stereocenters. The minimum absolute atomic E-state index is 0.195. The number of non-ortho nitro benzene ring substituents is 1. The van der Waals surface area contributed by atoms with Crippen molar-refractivity contribution in [1.82, 2.24) is 0 Å². The van der Waals surface area contributed by atoms with Gasteiger partial charge in [-0.25, -0.2) is 0 Å². The zero-order valence-corrected chi connectivity index (χ0v) is 16.4. The van der Waals surface area contributed by atoms with Gasteiger partial charge in [0.05, 0.1) is 15.9 Å². The highest BCUT2D eigenvalue weighted by Crippen LogP contribution is 2.30. The highest BCUT2D eigenvalue weighted by molar-refractivity contribution is 6.61.